The van der Waals surface area contributed by atoms with Crippen LogP contribution >= 0.6 is 11.3 Å². The molecule has 1 aliphatic rings. The second-order valence-corrected chi connectivity index (χ2v) is 5.30. The zero-order valence-corrected chi connectivity index (χ0v) is 11.0. The molecular weight excluding hydrogens is 240 g/mol. The van der Waals surface area contributed by atoms with Crippen LogP contribution in [0.5, 0.6) is 0 Å². The zero-order chi connectivity index (χ0) is 12.5. The van der Waals surface area contributed by atoms with Crippen LogP contribution in [-0.2, 0) is 19.9 Å². The molecule has 0 aliphatic carbocycles. The maximum atomic E-state index is 10.4. The van der Waals surface area contributed by atoms with Crippen LogP contribution in [0.4, 0.5) is 5.13 Å². The lowest BCUT2D eigenvalue weighted by atomic mass is 9.99. The number of ether oxygens (including phenoxy) is 2. The van der Waals surface area contributed by atoms with Crippen molar-refractivity contribution in [3.8, 4) is 0 Å². The number of aromatic nitrogens is 1. The molecule has 5 nitrogen and oxygen atoms in total. The predicted molar refractivity (Wildman–Crippen MR) is 64.9 cm³/mol. The Balaban J connectivity index is 2.26. The van der Waals surface area contributed by atoms with E-state index in [1.165, 1.54) is 11.3 Å². The number of carbonyl (C=O) groups excluding carboxylic acids is 1. The normalized spacial score (nSPS) is 27.0. The first-order valence-electron chi connectivity index (χ1n) is 5.52. The summed E-state index contributed by atoms with van der Waals surface area (Å²) in [7, 11) is 0. The molecule has 0 aromatic carbocycles. The zero-order valence-electron chi connectivity index (χ0n) is 10.1. The summed E-state index contributed by atoms with van der Waals surface area (Å²) in [6.45, 7) is 6.31. The van der Waals surface area contributed by atoms with E-state index in [0.29, 0.717) is 18.1 Å². The highest BCUT2D eigenvalue weighted by molar-refractivity contribution is 7.13. The Labute approximate surface area is 104 Å². The molecule has 0 bridgehead atoms. The summed E-state index contributed by atoms with van der Waals surface area (Å²) in [5.74, 6) is -0.585. The van der Waals surface area contributed by atoms with E-state index in [1.807, 2.05) is 26.2 Å². The first-order chi connectivity index (χ1) is 8.01. The van der Waals surface area contributed by atoms with Gasteiger partial charge in [-0.1, -0.05) is 6.92 Å². The third-order valence-corrected chi connectivity index (χ3v) is 3.59. The Hall–Kier alpha value is -0.980. The Morgan fingerprint density at radius 2 is 2.41 bits per heavy atom. The number of nitrogens with one attached hydrogen (secondary N) is 1. The van der Waals surface area contributed by atoms with E-state index in [9.17, 15) is 4.79 Å². The van der Waals surface area contributed by atoms with Crippen molar-refractivity contribution in [2.24, 2.45) is 0 Å². The summed E-state index contributed by atoms with van der Waals surface area (Å²) in [5, 5.41) is 5.03. The van der Waals surface area contributed by atoms with E-state index >= 15 is 0 Å². The highest BCUT2D eigenvalue weighted by Crippen LogP contribution is 2.41. The van der Waals surface area contributed by atoms with Crippen molar-refractivity contribution < 1.29 is 14.3 Å². The second kappa shape index (κ2) is 4.36. The average molecular weight is 256 g/mol. The highest BCUT2D eigenvalue weighted by Gasteiger charge is 2.47. The van der Waals surface area contributed by atoms with Crippen LogP contribution in [0.3, 0.4) is 0 Å². The molecule has 0 spiro atoms. The van der Waals surface area contributed by atoms with Crippen molar-refractivity contribution in [2.75, 3.05) is 11.9 Å². The van der Waals surface area contributed by atoms with Gasteiger partial charge >= 0.3 is 0 Å². The van der Waals surface area contributed by atoms with E-state index in [-0.39, 0.29) is 0 Å². The molecule has 1 atom stereocenters. The van der Waals surface area contributed by atoms with Gasteiger partial charge in [-0.15, -0.1) is 11.3 Å². The number of nitrogens with zero attached hydrogens (tertiary/aromatic N) is 1. The number of rotatable bonds is 4. The quantitative estimate of drug-likeness (QED) is 0.838. The summed E-state index contributed by atoms with van der Waals surface area (Å²) in [5.41, 5.74) is 0.322. The van der Waals surface area contributed by atoms with Crippen molar-refractivity contribution in [1.29, 1.82) is 0 Å². The van der Waals surface area contributed by atoms with Gasteiger partial charge < -0.3 is 14.8 Å². The first kappa shape index (κ1) is 12.5. The van der Waals surface area contributed by atoms with Crippen molar-refractivity contribution in [2.45, 2.75) is 38.6 Å². The predicted octanol–water partition coefficient (Wildman–Crippen LogP) is 2.10. The number of thiazole rings is 1. The molecule has 0 saturated carbocycles. The van der Waals surface area contributed by atoms with Crippen LogP contribution in [0.1, 0.15) is 32.9 Å². The second-order valence-electron chi connectivity index (χ2n) is 4.44. The number of anilines is 1. The van der Waals surface area contributed by atoms with Crippen LogP contribution in [0.25, 0.3) is 0 Å². The Morgan fingerprint density at radius 1 is 1.65 bits per heavy atom. The van der Waals surface area contributed by atoms with Gasteiger partial charge in [-0.05, 0) is 20.3 Å². The van der Waals surface area contributed by atoms with Gasteiger partial charge in [0, 0.05) is 5.38 Å². The summed E-state index contributed by atoms with van der Waals surface area (Å²) in [4.78, 5) is 14.7. The first-order valence-corrected chi connectivity index (χ1v) is 6.40. The van der Waals surface area contributed by atoms with Gasteiger partial charge in [0.1, 0.15) is 5.60 Å². The molecule has 6 heteroatoms. The minimum absolute atomic E-state index is 0.487. The minimum Gasteiger partial charge on any atom is -0.347 e. The van der Waals surface area contributed by atoms with Gasteiger partial charge in [0.25, 0.3) is 0 Å². The van der Waals surface area contributed by atoms with E-state index in [0.717, 1.165) is 12.1 Å². The largest absolute Gasteiger partial charge is 0.347 e. The Kier molecular flexibility index (Phi) is 3.20. The van der Waals surface area contributed by atoms with Gasteiger partial charge in [0.2, 0.25) is 6.41 Å². The molecule has 0 radical (unpaired) electrons. The minimum atomic E-state index is -0.585. The molecule has 1 aromatic rings. The Bertz CT molecular complexity index is 419. The number of amides is 1. The molecule has 1 N–H and O–H groups in total. The SMILES string of the molecule is CCC1(c2csc(NC=O)n2)COC(C)(C)O1. The van der Waals surface area contributed by atoms with Crippen LogP contribution in [0.2, 0.25) is 0 Å². The molecule has 1 aliphatic heterocycles. The molecule has 1 unspecified atom stereocenters. The van der Waals surface area contributed by atoms with Gasteiger partial charge in [-0.3, -0.25) is 4.79 Å². The van der Waals surface area contributed by atoms with Gasteiger partial charge in [-0.2, -0.15) is 0 Å². The molecule has 1 aromatic heterocycles. The lowest BCUT2D eigenvalue weighted by Crippen LogP contribution is -2.31. The third-order valence-electron chi connectivity index (χ3n) is 2.82. The van der Waals surface area contributed by atoms with E-state index < -0.39 is 11.4 Å². The monoisotopic (exact) mass is 256 g/mol. The maximum absolute atomic E-state index is 10.4. The van der Waals surface area contributed by atoms with Crippen LogP contribution in [0.15, 0.2) is 5.38 Å². The topological polar surface area (TPSA) is 60.5 Å². The third kappa shape index (κ3) is 2.34. The number of carbonyl (C=O) groups is 1. The summed E-state index contributed by atoms with van der Waals surface area (Å²) in [6, 6.07) is 0. The Morgan fingerprint density at radius 3 is 2.94 bits per heavy atom. The van der Waals surface area contributed by atoms with Gasteiger partial charge in [-0.25, -0.2) is 4.98 Å². The summed E-state index contributed by atoms with van der Waals surface area (Å²) < 4.78 is 11.6. The van der Waals surface area contributed by atoms with Crippen molar-refractivity contribution in [3.05, 3.63) is 11.1 Å². The molecule has 94 valence electrons. The molecule has 1 saturated heterocycles. The van der Waals surface area contributed by atoms with Gasteiger partial charge in [0.15, 0.2) is 10.9 Å². The van der Waals surface area contributed by atoms with Crippen molar-refractivity contribution >= 4 is 22.9 Å². The van der Waals surface area contributed by atoms with Gasteiger partial charge in [0.05, 0.1) is 12.3 Å². The molecule has 2 rings (SSSR count). The summed E-state index contributed by atoms with van der Waals surface area (Å²) in [6.07, 6.45) is 1.40. The highest BCUT2D eigenvalue weighted by atomic mass is 32.1. The molecular formula is C11H16N2O3S. The smallest absolute Gasteiger partial charge is 0.213 e. The molecule has 1 amide bonds. The molecule has 1 fully saturated rings. The summed E-state index contributed by atoms with van der Waals surface area (Å²) >= 11 is 1.39. The average Bonchev–Trinajstić information content (AvgIpc) is 2.84. The van der Waals surface area contributed by atoms with E-state index in [1.54, 1.807) is 0 Å². The van der Waals surface area contributed by atoms with E-state index in [4.69, 9.17) is 9.47 Å². The standard InChI is InChI=1S/C11H16N2O3S/c1-4-11(6-15-10(2,3)16-11)8-5-17-9(13-8)12-7-14/h5,7H,4,6H2,1-3H3,(H,12,13,14). The van der Waals surface area contributed by atoms with Crippen molar-refractivity contribution in [1.82, 2.24) is 4.98 Å². The molecule has 2 heterocycles. The fraction of sp³-hybridized carbons (Fsp3) is 0.636. The van der Waals surface area contributed by atoms with Crippen LogP contribution < -0.4 is 5.32 Å². The van der Waals surface area contributed by atoms with E-state index in [2.05, 4.69) is 10.3 Å². The van der Waals surface area contributed by atoms with Crippen LogP contribution in [0, 0.1) is 0 Å². The number of hydrogen-bond acceptors (Lipinski definition) is 5. The molecule has 17 heavy (non-hydrogen) atoms. The lowest BCUT2D eigenvalue weighted by Gasteiger charge is -2.26. The fourth-order valence-electron chi connectivity index (χ4n) is 1.90. The van der Waals surface area contributed by atoms with Crippen LogP contribution in [-0.4, -0.2) is 23.8 Å². The maximum Gasteiger partial charge on any atom is 0.213 e. The number of hydrogen-bond donors (Lipinski definition) is 1. The lowest BCUT2D eigenvalue weighted by molar-refractivity contribution is -0.165. The fourth-order valence-corrected chi connectivity index (χ4v) is 2.66. The van der Waals surface area contributed by atoms with Crippen molar-refractivity contribution in [3.63, 3.8) is 0 Å².